The number of anilines is 1. The van der Waals surface area contributed by atoms with Crippen molar-refractivity contribution >= 4 is 29.2 Å². The second kappa shape index (κ2) is 5.15. The van der Waals surface area contributed by atoms with E-state index in [0.29, 0.717) is 5.25 Å². The molecule has 1 aromatic carbocycles. The number of fused-ring (bicyclic) bond motifs is 1. The van der Waals surface area contributed by atoms with Crippen LogP contribution in [0, 0.1) is 0 Å². The van der Waals surface area contributed by atoms with E-state index in [1.54, 1.807) is 0 Å². The summed E-state index contributed by atoms with van der Waals surface area (Å²) < 4.78 is 2.29. The zero-order chi connectivity index (χ0) is 11.5. The third-order valence-corrected chi connectivity index (χ3v) is 4.38. The summed E-state index contributed by atoms with van der Waals surface area (Å²) in [6.07, 6.45) is 4.30. The van der Waals surface area contributed by atoms with Gasteiger partial charge in [0.05, 0.1) is 10.9 Å². The van der Waals surface area contributed by atoms with Crippen LogP contribution in [-0.2, 0) is 0 Å². The van der Waals surface area contributed by atoms with E-state index in [1.165, 1.54) is 24.1 Å². The predicted octanol–water partition coefficient (Wildman–Crippen LogP) is 4.84. The first-order chi connectivity index (χ1) is 7.77. The molecule has 1 nitrogen and oxygen atoms in total. The molecule has 0 amide bonds. The smallest absolute Gasteiger partial charge is 0.0533 e. The zero-order valence-electron chi connectivity index (χ0n) is 9.45. The lowest BCUT2D eigenvalue weighted by Gasteiger charge is -2.15. The summed E-state index contributed by atoms with van der Waals surface area (Å²) in [6.45, 7) is 6.89. The third-order valence-electron chi connectivity index (χ3n) is 2.72. The van der Waals surface area contributed by atoms with Crippen molar-refractivity contribution in [2.24, 2.45) is 0 Å². The quantitative estimate of drug-likeness (QED) is 0.558. The minimum atomic E-state index is 0.508. The van der Waals surface area contributed by atoms with Crippen LogP contribution in [-0.4, -0.2) is 6.54 Å². The molecule has 1 heterocycles. The second-order valence-corrected chi connectivity index (χ2v) is 5.53. The maximum absolute atomic E-state index is 6.30. The minimum Gasteiger partial charge on any atom is -0.312 e. The van der Waals surface area contributed by atoms with Gasteiger partial charge >= 0.3 is 0 Å². The number of nitrogens with zero attached hydrogens (tertiary/aromatic N) is 1. The van der Waals surface area contributed by atoms with E-state index in [1.807, 2.05) is 30.2 Å². The molecule has 0 saturated heterocycles. The first-order valence-electron chi connectivity index (χ1n) is 5.61. The van der Waals surface area contributed by atoms with E-state index in [2.05, 4.69) is 23.9 Å². The number of rotatable bonds is 4. The molecule has 0 aromatic heterocycles. The van der Waals surface area contributed by atoms with Gasteiger partial charge in [0, 0.05) is 17.1 Å². The summed E-state index contributed by atoms with van der Waals surface area (Å²) in [7, 11) is 0. The number of halogens is 1. The molecular weight excluding hydrogens is 238 g/mol. The molecule has 86 valence electrons. The van der Waals surface area contributed by atoms with Crippen LogP contribution in [0.25, 0.3) is 0 Å². The lowest BCUT2D eigenvalue weighted by Crippen LogP contribution is -2.09. The monoisotopic (exact) mass is 253 g/mol. The summed E-state index contributed by atoms with van der Waals surface area (Å²) in [5.74, 6) is 0. The van der Waals surface area contributed by atoms with Gasteiger partial charge in [0.2, 0.25) is 0 Å². The van der Waals surface area contributed by atoms with Gasteiger partial charge in [-0.05, 0) is 30.5 Å². The van der Waals surface area contributed by atoms with Crippen LogP contribution in [0.4, 0.5) is 5.69 Å². The van der Waals surface area contributed by atoms with Crippen molar-refractivity contribution in [2.75, 3.05) is 10.8 Å². The fraction of sp³-hybridized carbons (Fsp3) is 0.385. The number of hydrogen-bond acceptors (Lipinski definition) is 2. The van der Waals surface area contributed by atoms with Crippen molar-refractivity contribution in [2.45, 2.75) is 25.0 Å². The lowest BCUT2D eigenvalue weighted by atomic mass is 10.1. The van der Waals surface area contributed by atoms with Crippen LogP contribution in [0.5, 0.6) is 0 Å². The highest BCUT2D eigenvalue weighted by Crippen LogP contribution is 2.51. The van der Waals surface area contributed by atoms with Gasteiger partial charge in [-0.25, -0.2) is 0 Å². The average molecular weight is 254 g/mol. The molecule has 3 heteroatoms. The molecule has 1 atom stereocenters. The van der Waals surface area contributed by atoms with E-state index < -0.39 is 0 Å². The number of benzene rings is 1. The van der Waals surface area contributed by atoms with Crippen molar-refractivity contribution in [1.82, 2.24) is 0 Å². The lowest BCUT2D eigenvalue weighted by molar-refractivity contribution is 0.786. The summed E-state index contributed by atoms with van der Waals surface area (Å²) in [4.78, 5) is 0. The van der Waals surface area contributed by atoms with Gasteiger partial charge in [-0.2, -0.15) is 0 Å². The molecule has 0 bridgehead atoms. The van der Waals surface area contributed by atoms with E-state index in [0.717, 1.165) is 11.6 Å². The van der Waals surface area contributed by atoms with Crippen LogP contribution in [0.2, 0.25) is 5.02 Å². The molecule has 0 radical (unpaired) electrons. The van der Waals surface area contributed by atoms with E-state index >= 15 is 0 Å². The summed E-state index contributed by atoms with van der Waals surface area (Å²) in [5.41, 5.74) is 2.56. The predicted molar refractivity (Wildman–Crippen MR) is 74.2 cm³/mol. The topological polar surface area (TPSA) is 3.24 Å². The van der Waals surface area contributed by atoms with Gasteiger partial charge in [0.25, 0.3) is 0 Å². The zero-order valence-corrected chi connectivity index (χ0v) is 11.0. The highest BCUT2D eigenvalue weighted by atomic mass is 35.5. The minimum absolute atomic E-state index is 0.508. The van der Waals surface area contributed by atoms with Gasteiger partial charge in [-0.1, -0.05) is 37.1 Å². The SMILES string of the molecule is C=CCN1SC(CCC)c2c(Cl)cccc21. The average Bonchev–Trinajstić information content (AvgIpc) is 2.60. The Bertz CT molecular complexity index is 392. The molecule has 0 fully saturated rings. The summed E-state index contributed by atoms with van der Waals surface area (Å²) in [5, 5.41) is 1.41. The Hall–Kier alpha value is -0.600. The molecule has 16 heavy (non-hydrogen) atoms. The summed E-state index contributed by atoms with van der Waals surface area (Å²) in [6, 6.07) is 6.15. The molecule has 0 saturated carbocycles. The molecule has 1 unspecified atom stereocenters. The molecule has 0 N–H and O–H groups in total. The molecule has 1 aromatic rings. The molecular formula is C13H16ClNS. The van der Waals surface area contributed by atoms with Gasteiger partial charge in [-0.3, -0.25) is 0 Å². The fourth-order valence-electron chi connectivity index (χ4n) is 2.04. The highest BCUT2D eigenvalue weighted by Gasteiger charge is 2.30. The molecule has 1 aliphatic rings. The fourth-order valence-corrected chi connectivity index (χ4v) is 3.87. The van der Waals surface area contributed by atoms with Crippen LogP contribution in [0.1, 0.15) is 30.6 Å². The van der Waals surface area contributed by atoms with Crippen molar-refractivity contribution < 1.29 is 0 Å². The normalized spacial score (nSPS) is 18.6. The Balaban J connectivity index is 2.36. The van der Waals surface area contributed by atoms with Gasteiger partial charge in [-0.15, -0.1) is 6.58 Å². The van der Waals surface area contributed by atoms with Gasteiger partial charge in [0.15, 0.2) is 0 Å². The van der Waals surface area contributed by atoms with E-state index in [-0.39, 0.29) is 0 Å². The molecule has 1 aliphatic heterocycles. The van der Waals surface area contributed by atoms with Crippen LogP contribution in [0.3, 0.4) is 0 Å². The largest absolute Gasteiger partial charge is 0.312 e. The maximum Gasteiger partial charge on any atom is 0.0533 e. The Morgan fingerprint density at radius 3 is 3.06 bits per heavy atom. The molecule has 0 aliphatic carbocycles. The van der Waals surface area contributed by atoms with Gasteiger partial charge < -0.3 is 4.31 Å². The Labute approximate surface area is 107 Å². The Kier molecular flexibility index (Phi) is 3.82. The third kappa shape index (κ3) is 2.09. The Morgan fingerprint density at radius 1 is 1.56 bits per heavy atom. The van der Waals surface area contributed by atoms with Gasteiger partial charge in [0.1, 0.15) is 0 Å². The van der Waals surface area contributed by atoms with Crippen molar-refractivity contribution in [1.29, 1.82) is 0 Å². The van der Waals surface area contributed by atoms with Crippen molar-refractivity contribution in [3.8, 4) is 0 Å². The Morgan fingerprint density at radius 2 is 2.38 bits per heavy atom. The first-order valence-corrected chi connectivity index (χ1v) is 6.83. The number of hydrogen-bond donors (Lipinski definition) is 0. The second-order valence-electron chi connectivity index (χ2n) is 3.91. The summed E-state index contributed by atoms with van der Waals surface area (Å²) >= 11 is 8.18. The first kappa shape index (κ1) is 11.9. The van der Waals surface area contributed by atoms with E-state index in [9.17, 15) is 0 Å². The highest BCUT2D eigenvalue weighted by molar-refractivity contribution is 8.01. The van der Waals surface area contributed by atoms with Crippen LogP contribution < -0.4 is 4.31 Å². The molecule has 0 spiro atoms. The van der Waals surface area contributed by atoms with Crippen LogP contribution >= 0.6 is 23.5 Å². The standard InChI is InChI=1S/C13H16ClNS/c1-3-6-12-13-10(14)7-5-8-11(13)15(16-12)9-4-2/h4-5,7-8,12H,2-3,6,9H2,1H3. The van der Waals surface area contributed by atoms with Crippen molar-refractivity contribution in [3.63, 3.8) is 0 Å². The molecule has 2 rings (SSSR count). The van der Waals surface area contributed by atoms with E-state index in [4.69, 9.17) is 11.6 Å². The maximum atomic E-state index is 6.30. The van der Waals surface area contributed by atoms with Crippen molar-refractivity contribution in [3.05, 3.63) is 41.4 Å². The van der Waals surface area contributed by atoms with Crippen LogP contribution in [0.15, 0.2) is 30.9 Å².